The lowest BCUT2D eigenvalue weighted by Crippen LogP contribution is -2.22. The topological polar surface area (TPSA) is 74.2 Å². The van der Waals surface area contributed by atoms with Crippen molar-refractivity contribution in [2.45, 2.75) is 31.7 Å². The maximum absolute atomic E-state index is 5.90. The number of aromatic nitrogens is 2. The molecule has 5 nitrogen and oxygen atoms in total. The zero-order chi connectivity index (χ0) is 13.2. The van der Waals surface area contributed by atoms with Gasteiger partial charge in [0.2, 0.25) is 5.89 Å². The molecule has 2 aromatic rings. The highest BCUT2D eigenvalue weighted by molar-refractivity contribution is 5.42. The van der Waals surface area contributed by atoms with Crippen LogP contribution in [0.3, 0.4) is 0 Å². The molecule has 1 aromatic heterocycles. The third-order valence-corrected chi connectivity index (χ3v) is 3.45. The Morgan fingerprint density at radius 1 is 1.42 bits per heavy atom. The van der Waals surface area contributed by atoms with Crippen LogP contribution in [0.25, 0.3) is 0 Å². The van der Waals surface area contributed by atoms with Crippen molar-refractivity contribution in [2.75, 3.05) is 6.61 Å². The Labute approximate surface area is 111 Å². The lowest BCUT2D eigenvalue weighted by Gasteiger charge is -2.03. The average molecular weight is 259 g/mol. The summed E-state index contributed by atoms with van der Waals surface area (Å²) in [5.74, 6) is 2.23. The number of hydrogen-bond donors (Lipinski definition) is 1. The second kappa shape index (κ2) is 5.01. The molecule has 2 heterocycles. The molecule has 2 atom stereocenters. The molecule has 2 N–H and O–H groups in total. The smallest absolute Gasteiger partial charge is 0.237 e. The molecule has 0 bridgehead atoms. The first-order chi connectivity index (χ1) is 9.28. The Hall–Kier alpha value is -1.88. The van der Waals surface area contributed by atoms with Crippen molar-refractivity contribution < 1.29 is 9.26 Å². The summed E-state index contributed by atoms with van der Waals surface area (Å²) in [6, 6.07) is 8.03. The lowest BCUT2D eigenvalue weighted by atomic mass is 10.0. The Kier molecular flexibility index (Phi) is 3.21. The van der Waals surface area contributed by atoms with Gasteiger partial charge in [0, 0.05) is 18.0 Å². The molecule has 1 aromatic carbocycles. The van der Waals surface area contributed by atoms with E-state index in [1.807, 2.05) is 31.2 Å². The first kappa shape index (κ1) is 12.2. The van der Waals surface area contributed by atoms with Crippen LogP contribution in [0.5, 0.6) is 5.75 Å². The molecule has 100 valence electrons. The quantitative estimate of drug-likeness (QED) is 0.907. The predicted octanol–water partition coefficient (Wildman–Crippen LogP) is 1.87. The summed E-state index contributed by atoms with van der Waals surface area (Å²) < 4.78 is 11.0. The summed E-state index contributed by atoms with van der Waals surface area (Å²) in [6.07, 6.45) is 1.55. The van der Waals surface area contributed by atoms with Crippen molar-refractivity contribution in [3.8, 4) is 5.75 Å². The molecule has 0 fully saturated rings. The minimum absolute atomic E-state index is 0.0373. The summed E-state index contributed by atoms with van der Waals surface area (Å²) in [5, 5.41) is 4.00. The van der Waals surface area contributed by atoms with Crippen LogP contribution in [0.1, 0.15) is 36.5 Å². The fourth-order valence-corrected chi connectivity index (χ4v) is 2.24. The van der Waals surface area contributed by atoms with E-state index in [0.717, 1.165) is 17.7 Å². The normalized spacial score (nSPS) is 18.9. The summed E-state index contributed by atoms with van der Waals surface area (Å²) in [7, 11) is 0. The first-order valence-electron chi connectivity index (χ1n) is 6.57. The Bertz CT molecular complexity index is 567. The molecule has 1 aliphatic heterocycles. The van der Waals surface area contributed by atoms with Gasteiger partial charge >= 0.3 is 0 Å². The molecule has 0 spiro atoms. The van der Waals surface area contributed by atoms with Crippen LogP contribution in [0.4, 0.5) is 0 Å². The van der Waals surface area contributed by atoms with Crippen molar-refractivity contribution >= 4 is 0 Å². The maximum atomic E-state index is 5.90. The van der Waals surface area contributed by atoms with Gasteiger partial charge in [-0.15, -0.1) is 0 Å². The molecule has 0 saturated carbocycles. The second-order valence-corrected chi connectivity index (χ2v) is 4.82. The Balaban J connectivity index is 1.81. The van der Waals surface area contributed by atoms with Crippen LogP contribution in [-0.4, -0.2) is 22.8 Å². The number of ether oxygens (including phenoxy) is 1. The first-order valence-corrected chi connectivity index (χ1v) is 6.57. The van der Waals surface area contributed by atoms with E-state index in [0.29, 0.717) is 24.7 Å². The van der Waals surface area contributed by atoms with E-state index in [-0.39, 0.29) is 12.0 Å². The van der Waals surface area contributed by atoms with Crippen molar-refractivity contribution in [2.24, 2.45) is 5.73 Å². The van der Waals surface area contributed by atoms with Crippen LogP contribution in [-0.2, 0) is 6.42 Å². The van der Waals surface area contributed by atoms with Gasteiger partial charge in [-0.3, -0.25) is 0 Å². The van der Waals surface area contributed by atoms with Crippen LogP contribution < -0.4 is 10.5 Å². The van der Waals surface area contributed by atoms with E-state index < -0.39 is 0 Å². The molecule has 2 unspecified atom stereocenters. The molecular weight excluding hydrogens is 242 g/mol. The van der Waals surface area contributed by atoms with Gasteiger partial charge in [0.25, 0.3) is 0 Å². The maximum Gasteiger partial charge on any atom is 0.237 e. The number of fused-ring (bicyclic) bond motifs is 1. The van der Waals surface area contributed by atoms with Gasteiger partial charge in [0.1, 0.15) is 18.3 Å². The summed E-state index contributed by atoms with van der Waals surface area (Å²) >= 11 is 0. The van der Waals surface area contributed by atoms with E-state index in [1.54, 1.807) is 0 Å². The monoisotopic (exact) mass is 259 g/mol. The molecule has 1 aliphatic rings. The number of rotatable bonds is 4. The molecule has 0 amide bonds. The van der Waals surface area contributed by atoms with Crippen molar-refractivity contribution in [1.29, 1.82) is 0 Å². The van der Waals surface area contributed by atoms with Gasteiger partial charge in [-0.2, -0.15) is 4.98 Å². The Morgan fingerprint density at radius 3 is 3.11 bits per heavy atom. The fraction of sp³-hybridized carbons (Fsp3) is 0.429. The van der Waals surface area contributed by atoms with E-state index >= 15 is 0 Å². The number of nitrogens with zero attached hydrogens (tertiary/aromatic N) is 2. The van der Waals surface area contributed by atoms with Crippen LogP contribution in [0.2, 0.25) is 0 Å². The van der Waals surface area contributed by atoms with Crippen molar-refractivity contribution in [1.82, 2.24) is 10.1 Å². The largest absolute Gasteiger partial charge is 0.492 e. The standard InChI is InChI=1S/C14H17N3O2/c1-2-9(15)7-13-16-14(19-17-13)11-8-18-12-6-4-3-5-10(11)12/h3-6,9,11H,2,7-8,15H2,1H3. The van der Waals surface area contributed by atoms with Crippen LogP contribution in [0.15, 0.2) is 28.8 Å². The molecule has 19 heavy (non-hydrogen) atoms. The zero-order valence-electron chi connectivity index (χ0n) is 10.9. The molecule has 0 aliphatic carbocycles. The summed E-state index contributed by atoms with van der Waals surface area (Å²) in [4.78, 5) is 4.44. The van der Waals surface area contributed by atoms with E-state index in [1.165, 1.54) is 0 Å². The van der Waals surface area contributed by atoms with E-state index in [9.17, 15) is 0 Å². The number of para-hydroxylation sites is 1. The number of nitrogens with two attached hydrogens (primary N) is 1. The molecule has 0 saturated heterocycles. The number of hydrogen-bond acceptors (Lipinski definition) is 5. The molecule has 0 radical (unpaired) electrons. The molecule has 3 rings (SSSR count). The van der Waals surface area contributed by atoms with Crippen molar-refractivity contribution in [3.63, 3.8) is 0 Å². The Morgan fingerprint density at radius 2 is 2.26 bits per heavy atom. The zero-order valence-corrected chi connectivity index (χ0v) is 10.9. The van der Waals surface area contributed by atoms with E-state index in [2.05, 4.69) is 10.1 Å². The fourth-order valence-electron chi connectivity index (χ4n) is 2.24. The predicted molar refractivity (Wildman–Crippen MR) is 70.0 cm³/mol. The number of benzene rings is 1. The van der Waals surface area contributed by atoms with Crippen LogP contribution in [0, 0.1) is 0 Å². The van der Waals surface area contributed by atoms with Crippen molar-refractivity contribution in [3.05, 3.63) is 41.5 Å². The summed E-state index contributed by atoms with van der Waals surface area (Å²) in [5.41, 5.74) is 7.01. The van der Waals surface area contributed by atoms with Crippen LogP contribution >= 0.6 is 0 Å². The van der Waals surface area contributed by atoms with Gasteiger partial charge < -0.3 is 15.0 Å². The highest BCUT2D eigenvalue weighted by atomic mass is 16.5. The highest BCUT2D eigenvalue weighted by Crippen LogP contribution is 2.36. The van der Waals surface area contributed by atoms with Gasteiger partial charge in [-0.05, 0) is 12.5 Å². The third kappa shape index (κ3) is 2.33. The SMILES string of the molecule is CCC(N)Cc1noc(C2COc3ccccc32)n1. The lowest BCUT2D eigenvalue weighted by molar-refractivity contribution is 0.304. The third-order valence-electron chi connectivity index (χ3n) is 3.45. The summed E-state index contributed by atoms with van der Waals surface area (Å²) in [6.45, 7) is 2.60. The minimum Gasteiger partial charge on any atom is -0.492 e. The molecule has 5 heteroatoms. The van der Waals surface area contributed by atoms with E-state index in [4.69, 9.17) is 15.0 Å². The highest BCUT2D eigenvalue weighted by Gasteiger charge is 2.30. The van der Waals surface area contributed by atoms with Gasteiger partial charge in [0.15, 0.2) is 5.82 Å². The minimum atomic E-state index is 0.0373. The van der Waals surface area contributed by atoms with Gasteiger partial charge in [-0.25, -0.2) is 0 Å². The second-order valence-electron chi connectivity index (χ2n) is 4.82. The average Bonchev–Trinajstić information content (AvgIpc) is 3.04. The van der Waals surface area contributed by atoms with Gasteiger partial charge in [0.05, 0.1) is 0 Å². The molecular formula is C14H17N3O2. The van der Waals surface area contributed by atoms with Gasteiger partial charge in [-0.1, -0.05) is 30.3 Å².